The van der Waals surface area contributed by atoms with Crippen LogP contribution in [0.25, 0.3) is 0 Å². The third-order valence-electron chi connectivity index (χ3n) is 4.29. The van der Waals surface area contributed by atoms with Crippen molar-refractivity contribution in [3.05, 3.63) is 54.1 Å². The molecule has 26 heavy (non-hydrogen) atoms. The number of benzene rings is 2. The molecule has 2 atom stereocenters. The maximum Gasteiger partial charge on any atom is 0.228 e. The van der Waals surface area contributed by atoms with E-state index in [4.69, 9.17) is 4.74 Å². The predicted octanol–water partition coefficient (Wildman–Crippen LogP) is 4.00. The molecule has 0 spiro atoms. The highest BCUT2D eigenvalue weighted by Gasteiger charge is 2.48. The number of carbonyl (C=O) groups is 2. The van der Waals surface area contributed by atoms with Crippen LogP contribution in [0.3, 0.4) is 0 Å². The van der Waals surface area contributed by atoms with Crippen LogP contribution < -0.4 is 15.4 Å². The summed E-state index contributed by atoms with van der Waals surface area (Å²) < 4.78 is 5.72. The Bertz CT molecular complexity index is 799. The monoisotopic (exact) mass is 352 g/mol. The van der Waals surface area contributed by atoms with Gasteiger partial charge in [0, 0.05) is 5.69 Å². The van der Waals surface area contributed by atoms with Gasteiger partial charge in [0.25, 0.3) is 0 Å². The highest BCUT2D eigenvalue weighted by Crippen LogP contribution is 2.41. The highest BCUT2D eigenvalue weighted by atomic mass is 16.5. The molecule has 0 radical (unpaired) electrons. The van der Waals surface area contributed by atoms with Gasteiger partial charge in [0.15, 0.2) is 0 Å². The zero-order chi connectivity index (χ0) is 18.7. The van der Waals surface area contributed by atoms with Gasteiger partial charge >= 0.3 is 0 Å². The number of hydrogen-bond acceptors (Lipinski definition) is 3. The molecule has 1 aliphatic carbocycles. The van der Waals surface area contributed by atoms with E-state index in [1.54, 1.807) is 6.07 Å². The van der Waals surface area contributed by atoms with Gasteiger partial charge in [-0.2, -0.15) is 0 Å². The van der Waals surface area contributed by atoms with Crippen molar-refractivity contribution < 1.29 is 14.3 Å². The maximum absolute atomic E-state index is 12.5. The largest absolute Gasteiger partial charge is 0.489 e. The first-order valence-corrected chi connectivity index (χ1v) is 8.88. The molecular formula is C21H24N2O3. The topological polar surface area (TPSA) is 67.4 Å². The molecular weight excluding hydrogens is 328 g/mol. The zero-order valence-electron chi connectivity index (χ0n) is 15.3. The minimum atomic E-state index is -0.299. The first kappa shape index (κ1) is 18.0. The van der Waals surface area contributed by atoms with E-state index in [2.05, 4.69) is 10.6 Å². The maximum atomic E-state index is 12.5. The molecule has 5 nitrogen and oxygen atoms in total. The van der Waals surface area contributed by atoms with E-state index < -0.39 is 0 Å². The van der Waals surface area contributed by atoms with E-state index in [1.165, 1.54) is 0 Å². The number of amides is 2. The Balaban J connectivity index is 1.57. The van der Waals surface area contributed by atoms with Gasteiger partial charge in [-0.15, -0.1) is 0 Å². The minimum absolute atomic E-state index is 0.0158. The molecule has 2 aromatic carbocycles. The summed E-state index contributed by atoms with van der Waals surface area (Å²) in [5.74, 6) is -0.200. The average Bonchev–Trinajstić information content (AvgIpc) is 3.39. The third kappa shape index (κ3) is 4.42. The molecule has 1 saturated carbocycles. The SMILES string of the molecule is Cc1ccc(NC(=O)C2CC2C(=O)Nc2ccccc2OC(C)C)cc1. The standard InChI is InChI=1S/C21H24N2O3/c1-13(2)26-19-7-5-4-6-18(19)23-21(25)17-12-16(17)20(24)22-15-10-8-14(3)9-11-15/h4-11,13,16-17H,12H2,1-3H3,(H,22,24)(H,23,25). The molecule has 2 aromatic rings. The van der Waals surface area contributed by atoms with Gasteiger partial charge in [0.1, 0.15) is 5.75 Å². The fourth-order valence-corrected chi connectivity index (χ4v) is 2.80. The number of hydrogen-bond donors (Lipinski definition) is 2. The second-order valence-corrected chi connectivity index (χ2v) is 6.96. The summed E-state index contributed by atoms with van der Waals surface area (Å²) >= 11 is 0. The molecule has 3 rings (SSSR count). The van der Waals surface area contributed by atoms with Crippen molar-refractivity contribution in [3.63, 3.8) is 0 Å². The van der Waals surface area contributed by atoms with Crippen molar-refractivity contribution in [2.24, 2.45) is 11.8 Å². The lowest BCUT2D eigenvalue weighted by Crippen LogP contribution is -2.21. The number of nitrogens with one attached hydrogen (secondary N) is 2. The Labute approximate surface area is 153 Å². The number of aryl methyl sites for hydroxylation is 1. The molecule has 1 aliphatic rings. The summed E-state index contributed by atoms with van der Waals surface area (Å²) in [5, 5.41) is 5.76. The lowest BCUT2D eigenvalue weighted by Gasteiger charge is -2.14. The quantitative estimate of drug-likeness (QED) is 0.826. The van der Waals surface area contributed by atoms with E-state index >= 15 is 0 Å². The Kier molecular flexibility index (Phi) is 5.26. The van der Waals surface area contributed by atoms with Gasteiger partial charge in [-0.3, -0.25) is 9.59 Å². The first-order chi connectivity index (χ1) is 12.4. The van der Waals surface area contributed by atoms with Crippen LogP contribution in [0.1, 0.15) is 25.8 Å². The summed E-state index contributed by atoms with van der Waals surface area (Å²) in [7, 11) is 0. The lowest BCUT2D eigenvalue weighted by molar-refractivity contribution is -0.122. The van der Waals surface area contributed by atoms with Gasteiger partial charge in [-0.05, 0) is 51.5 Å². The van der Waals surface area contributed by atoms with Gasteiger partial charge in [0.2, 0.25) is 11.8 Å². The van der Waals surface area contributed by atoms with Crippen LogP contribution >= 0.6 is 0 Å². The van der Waals surface area contributed by atoms with Gasteiger partial charge in [-0.25, -0.2) is 0 Å². The van der Waals surface area contributed by atoms with Gasteiger partial charge < -0.3 is 15.4 Å². The fourth-order valence-electron chi connectivity index (χ4n) is 2.80. The fraction of sp³-hybridized carbons (Fsp3) is 0.333. The van der Waals surface area contributed by atoms with E-state index in [1.807, 2.05) is 63.2 Å². The molecule has 136 valence electrons. The average molecular weight is 352 g/mol. The Hall–Kier alpha value is -2.82. The molecule has 0 heterocycles. The van der Waals surface area contributed by atoms with Gasteiger partial charge in [0.05, 0.1) is 23.6 Å². The van der Waals surface area contributed by atoms with Crippen LogP contribution in [0.2, 0.25) is 0 Å². The van der Waals surface area contributed by atoms with Crippen molar-refractivity contribution in [2.75, 3.05) is 10.6 Å². The summed E-state index contributed by atoms with van der Waals surface area (Å²) in [6, 6.07) is 15.0. The van der Waals surface area contributed by atoms with Crippen LogP contribution in [0.5, 0.6) is 5.75 Å². The number of rotatable bonds is 6. The molecule has 0 aliphatic heterocycles. The van der Waals surface area contributed by atoms with E-state index in [0.717, 1.165) is 11.3 Å². The van der Waals surface area contributed by atoms with Gasteiger partial charge in [-0.1, -0.05) is 29.8 Å². The highest BCUT2D eigenvalue weighted by molar-refractivity contribution is 6.03. The van der Waals surface area contributed by atoms with Crippen molar-refractivity contribution >= 4 is 23.2 Å². The molecule has 0 aromatic heterocycles. The van der Waals surface area contributed by atoms with E-state index in [0.29, 0.717) is 17.9 Å². The molecule has 5 heteroatoms. The Morgan fingerprint density at radius 2 is 1.58 bits per heavy atom. The van der Waals surface area contributed by atoms with Crippen LogP contribution in [-0.4, -0.2) is 17.9 Å². The van der Waals surface area contributed by atoms with Crippen LogP contribution in [0.4, 0.5) is 11.4 Å². The molecule has 2 unspecified atom stereocenters. The number of para-hydroxylation sites is 2. The van der Waals surface area contributed by atoms with Crippen molar-refractivity contribution in [2.45, 2.75) is 33.3 Å². The molecule has 0 bridgehead atoms. The van der Waals surface area contributed by atoms with Crippen molar-refractivity contribution in [3.8, 4) is 5.75 Å². The number of anilines is 2. The summed E-state index contributed by atoms with van der Waals surface area (Å²) in [6.07, 6.45) is 0.582. The van der Waals surface area contributed by atoms with Crippen molar-refractivity contribution in [1.29, 1.82) is 0 Å². The normalized spacial score (nSPS) is 18.3. The van der Waals surface area contributed by atoms with E-state index in [9.17, 15) is 9.59 Å². The van der Waals surface area contributed by atoms with Crippen LogP contribution in [-0.2, 0) is 9.59 Å². The summed E-state index contributed by atoms with van der Waals surface area (Å²) in [5.41, 5.74) is 2.52. The molecule has 2 amide bonds. The third-order valence-corrected chi connectivity index (χ3v) is 4.29. The first-order valence-electron chi connectivity index (χ1n) is 8.88. The molecule has 2 N–H and O–H groups in total. The van der Waals surface area contributed by atoms with E-state index in [-0.39, 0.29) is 29.8 Å². The number of carbonyl (C=O) groups excluding carboxylic acids is 2. The van der Waals surface area contributed by atoms with Crippen molar-refractivity contribution in [1.82, 2.24) is 0 Å². The molecule has 1 fully saturated rings. The summed E-state index contributed by atoms with van der Waals surface area (Å²) in [6.45, 7) is 5.86. The second kappa shape index (κ2) is 7.60. The summed E-state index contributed by atoms with van der Waals surface area (Å²) in [4.78, 5) is 24.8. The second-order valence-electron chi connectivity index (χ2n) is 6.96. The Morgan fingerprint density at radius 3 is 2.23 bits per heavy atom. The molecule has 0 saturated heterocycles. The Morgan fingerprint density at radius 1 is 0.962 bits per heavy atom. The smallest absolute Gasteiger partial charge is 0.228 e. The number of ether oxygens (including phenoxy) is 1. The van der Waals surface area contributed by atoms with Crippen LogP contribution in [0, 0.1) is 18.8 Å². The minimum Gasteiger partial charge on any atom is -0.489 e. The van der Waals surface area contributed by atoms with Crippen LogP contribution in [0.15, 0.2) is 48.5 Å². The zero-order valence-corrected chi connectivity index (χ0v) is 15.3. The predicted molar refractivity (Wildman–Crippen MR) is 102 cm³/mol. The lowest BCUT2D eigenvalue weighted by atomic mass is 10.2.